The van der Waals surface area contributed by atoms with Gasteiger partial charge in [0.2, 0.25) is 0 Å². The Hall–Kier alpha value is -3.16. The van der Waals surface area contributed by atoms with E-state index in [1.54, 1.807) is 24.3 Å². The Labute approximate surface area is 166 Å². The third-order valence-electron chi connectivity index (χ3n) is 6.71. The normalized spacial score (nSPS) is 26.7. The third kappa shape index (κ3) is 2.66. The van der Waals surface area contributed by atoms with E-state index in [-0.39, 0.29) is 35.1 Å². The number of anilines is 1. The maximum Gasteiger partial charge on any atom is 0.311 e. The van der Waals surface area contributed by atoms with E-state index in [9.17, 15) is 19.7 Å². The maximum absolute atomic E-state index is 12.7. The highest BCUT2D eigenvalue weighted by Gasteiger charge is 2.49. The first-order valence-electron chi connectivity index (χ1n) is 9.79. The number of carbonyl (C=O) groups is 1. The zero-order valence-corrected chi connectivity index (χ0v) is 16.0. The Morgan fingerprint density at radius 2 is 2.07 bits per heavy atom. The van der Waals surface area contributed by atoms with Gasteiger partial charge in [-0.2, -0.15) is 0 Å². The van der Waals surface area contributed by atoms with Crippen LogP contribution in [-0.4, -0.2) is 35.2 Å². The summed E-state index contributed by atoms with van der Waals surface area (Å²) >= 11 is 0. The van der Waals surface area contributed by atoms with E-state index in [2.05, 4.69) is 4.90 Å². The molecule has 2 bridgehead atoms. The summed E-state index contributed by atoms with van der Waals surface area (Å²) in [6.45, 7) is 1.24. The summed E-state index contributed by atoms with van der Waals surface area (Å²) in [6.07, 6.45) is 1.32. The van der Waals surface area contributed by atoms with Gasteiger partial charge in [-0.05, 0) is 36.5 Å². The van der Waals surface area contributed by atoms with Crippen molar-refractivity contribution >= 4 is 17.3 Å². The SMILES string of the molecule is COC(=O)[C@H]1Cc2cc([N+](=O)[O-])ccc2N2C[C@@H]3C[C@H](Cn4c3cccc4=O)[C@H]12. The molecule has 0 spiro atoms. The van der Waals surface area contributed by atoms with Crippen molar-refractivity contribution in [3.05, 3.63) is 68.1 Å². The standard InChI is InChI=1S/C21H21N3O5/c1-29-21(26)16-9-12-8-15(24(27)28)5-6-18(12)23-10-13-7-14(20(16)23)11-22-17(13)3-2-4-19(22)25/h2-6,8,13-14,16,20H,7,9-11H2,1H3/t13-,14+,16-,20+/m0/s1. The van der Waals surface area contributed by atoms with Crippen LogP contribution in [-0.2, 0) is 22.5 Å². The topological polar surface area (TPSA) is 94.7 Å². The zero-order chi connectivity index (χ0) is 20.3. The molecule has 0 N–H and O–H groups in total. The molecule has 8 heteroatoms. The number of rotatable bonds is 2. The molecule has 3 aliphatic heterocycles. The quantitative estimate of drug-likeness (QED) is 0.439. The molecule has 5 rings (SSSR count). The second-order valence-corrected chi connectivity index (χ2v) is 8.14. The molecule has 1 aromatic heterocycles. The molecular weight excluding hydrogens is 374 g/mol. The largest absolute Gasteiger partial charge is 0.469 e. The van der Waals surface area contributed by atoms with E-state index in [1.807, 2.05) is 10.6 Å². The van der Waals surface area contributed by atoms with Gasteiger partial charge in [-0.25, -0.2) is 0 Å². The van der Waals surface area contributed by atoms with Crippen LogP contribution in [0.15, 0.2) is 41.2 Å². The van der Waals surface area contributed by atoms with Gasteiger partial charge in [0.25, 0.3) is 11.2 Å². The zero-order valence-electron chi connectivity index (χ0n) is 16.0. The monoisotopic (exact) mass is 395 g/mol. The van der Waals surface area contributed by atoms with Crippen LogP contribution in [0.4, 0.5) is 11.4 Å². The number of methoxy groups -OCH3 is 1. The summed E-state index contributed by atoms with van der Waals surface area (Å²) in [5.74, 6) is -0.407. The van der Waals surface area contributed by atoms with E-state index < -0.39 is 10.8 Å². The van der Waals surface area contributed by atoms with Gasteiger partial charge in [-0.15, -0.1) is 0 Å². The first kappa shape index (κ1) is 17.9. The van der Waals surface area contributed by atoms with Crippen LogP contribution in [0, 0.1) is 22.0 Å². The van der Waals surface area contributed by atoms with Crippen LogP contribution in [0.2, 0.25) is 0 Å². The van der Waals surface area contributed by atoms with Crippen molar-refractivity contribution in [2.75, 3.05) is 18.6 Å². The summed E-state index contributed by atoms with van der Waals surface area (Å²) in [5, 5.41) is 11.2. The highest BCUT2D eigenvalue weighted by molar-refractivity contribution is 5.77. The fourth-order valence-corrected chi connectivity index (χ4v) is 5.58. The van der Waals surface area contributed by atoms with Gasteiger partial charge in [0.1, 0.15) is 0 Å². The van der Waals surface area contributed by atoms with Crippen molar-refractivity contribution in [2.45, 2.75) is 31.3 Å². The highest BCUT2D eigenvalue weighted by atomic mass is 16.6. The number of nitrogens with zero attached hydrogens (tertiary/aromatic N) is 3. The van der Waals surface area contributed by atoms with Crippen molar-refractivity contribution in [1.82, 2.24) is 4.57 Å². The number of ether oxygens (including phenoxy) is 1. The van der Waals surface area contributed by atoms with E-state index in [0.29, 0.717) is 19.5 Å². The number of nitro groups is 1. The van der Waals surface area contributed by atoms with Crippen molar-refractivity contribution in [1.29, 1.82) is 0 Å². The molecule has 2 aromatic rings. The molecule has 3 aliphatic rings. The lowest BCUT2D eigenvalue weighted by Crippen LogP contribution is -2.60. The minimum atomic E-state index is -0.415. The molecule has 8 nitrogen and oxygen atoms in total. The Bertz CT molecular complexity index is 1080. The number of hydrogen-bond acceptors (Lipinski definition) is 6. The van der Waals surface area contributed by atoms with Gasteiger partial charge in [-0.1, -0.05) is 6.07 Å². The van der Waals surface area contributed by atoms with Crippen LogP contribution >= 0.6 is 0 Å². The Morgan fingerprint density at radius 1 is 1.24 bits per heavy atom. The molecule has 1 aromatic carbocycles. The maximum atomic E-state index is 12.7. The predicted molar refractivity (Wildman–Crippen MR) is 105 cm³/mol. The number of piperidine rings is 1. The fourth-order valence-electron chi connectivity index (χ4n) is 5.58. The van der Waals surface area contributed by atoms with E-state index in [0.717, 1.165) is 23.4 Å². The fraction of sp³-hybridized carbons (Fsp3) is 0.429. The minimum absolute atomic E-state index is 0.00731. The molecule has 1 saturated heterocycles. The van der Waals surface area contributed by atoms with Crippen molar-refractivity contribution < 1.29 is 14.5 Å². The Balaban J connectivity index is 1.63. The van der Waals surface area contributed by atoms with Gasteiger partial charge < -0.3 is 14.2 Å². The van der Waals surface area contributed by atoms with Crippen molar-refractivity contribution in [3.8, 4) is 0 Å². The average molecular weight is 395 g/mol. The van der Waals surface area contributed by atoms with Gasteiger partial charge in [0.15, 0.2) is 0 Å². The summed E-state index contributed by atoms with van der Waals surface area (Å²) in [7, 11) is 1.38. The lowest BCUT2D eigenvalue weighted by atomic mass is 9.70. The second-order valence-electron chi connectivity index (χ2n) is 8.14. The van der Waals surface area contributed by atoms with E-state index >= 15 is 0 Å². The summed E-state index contributed by atoms with van der Waals surface area (Å²) in [6, 6.07) is 10.2. The molecule has 29 heavy (non-hydrogen) atoms. The summed E-state index contributed by atoms with van der Waals surface area (Å²) in [5.41, 5.74) is 2.79. The molecule has 0 radical (unpaired) electrons. The minimum Gasteiger partial charge on any atom is -0.469 e. The lowest BCUT2D eigenvalue weighted by molar-refractivity contribution is -0.384. The van der Waals surface area contributed by atoms with E-state index in [4.69, 9.17) is 4.74 Å². The van der Waals surface area contributed by atoms with Gasteiger partial charge in [0, 0.05) is 54.6 Å². The number of pyridine rings is 1. The lowest BCUT2D eigenvalue weighted by Gasteiger charge is -2.53. The summed E-state index contributed by atoms with van der Waals surface area (Å²) < 4.78 is 6.94. The van der Waals surface area contributed by atoms with Gasteiger partial charge >= 0.3 is 5.97 Å². The Kier molecular flexibility index (Phi) is 3.97. The average Bonchev–Trinajstić information content (AvgIpc) is 2.73. The first-order chi connectivity index (χ1) is 14.0. The molecule has 0 saturated carbocycles. The van der Waals surface area contributed by atoms with Crippen molar-refractivity contribution in [3.63, 3.8) is 0 Å². The molecular formula is C21H21N3O5. The number of fused-ring (bicyclic) bond motifs is 8. The van der Waals surface area contributed by atoms with Gasteiger partial charge in [-0.3, -0.25) is 19.7 Å². The highest BCUT2D eigenvalue weighted by Crippen LogP contribution is 2.47. The number of carbonyl (C=O) groups excluding carboxylic acids is 1. The molecule has 0 amide bonds. The molecule has 0 aliphatic carbocycles. The van der Waals surface area contributed by atoms with Crippen LogP contribution < -0.4 is 10.5 Å². The molecule has 0 unspecified atom stereocenters. The number of benzene rings is 1. The van der Waals surface area contributed by atoms with Crippen molar-refractivity contribution in [2.24, 2.45) is 11.8 Å². The molecule has 4 atom stereocenters. The summed E-state index contributed by atoms with van der Waals surface area (Å²) in [4.78, 5) is 38.1. The smallest absolute Gasteiger partial charge is 0.311 e. The number of non-ortho nitro benzene ring substituents is 1. The number of hydrogen-bond donors (Lipinski definition) is 0. The first-order valence-corrected chi connectivity index (χ1v) is 9.79. The van der Waals surface area contributed by atoms with Crippen LogP contribution in [0.1, 0.15) is 23.6 Å². The second kappa shape index (κ2) is 6.43. The van der Waals surface area contributed by atoms with Gasteiger partial charge in [0.05, 0.1) is 18.0 Å². The van der Waals surface area contributed by atoms with E-state index in [1.165, 1.54) is 13.2 Å². The molecule has 4 heterocycles. The molecule has 150 valence electrons. The Morgan fingerprint density at radius 3 is 2.83 bits per heavy atom. The number of nitro benzene ring substituents is 1. The van der Waals surface area contributed by atoms with Crippen LogP contribution in [0.25, 0.3) is 0 Å². The molecule has 1 fully saturated rings. The van der Waals surface area contributed by atoms with Crippen LogP contribution in [0.3, 0.4) is 0 Å². The number of esters is 1. The number of aromatic nitrogens is 1. The third-order valence-corrected chi connectivity index (χ3v) is 6.71. The van der Waals surface area contributed by atoms with Crippen LogP contribution in [0.5, 0.6) is 0 Å². The predicted octanol–water partition coefficient (Wildman–Crippen LogP) is 2.09.